The highest BCUT2D eigenvalue weighted by Crippen LogP contribution is 1.87. The minimum atomic E-state index is 0.174. The first-order chi connectivity index (χ1) is 4.59. The molecular weight excluding hydrogens is 166 g/mol. The van der Waals surface area contributed by atoms with Crippen LogP contribution in [-0.2, 0) is 0 Å². The van der Waals surface area contributed by atoms with E-state index in [0.29, 0.717) is 6.54 Å². The first kappa shape index (κ1) is 9.32. The van der Waals surface area contributed by atoms with Gasteiger partial charge in [0.1, 0.15) is 0 Å². The van der Waals surface area contributed by atoms with Crippen molar-refractivity contribution in [1.82, 2.24) is 4.90 Å². The van der Waals surface area contributed by atoms with Crippen LogP contribution in [0.15, 0.2) is 12.7 Å². The lowest BCUT2D eigenvalue weighted by Gasteiger charge is -2.17. The zero-order valence-corrected chi connectivity index (χ0v) is 7.04. The minimum absolute atomic E-state index is 0.174. The second-order valence-corrected chi connectivity index (χ2v) is 2.41. The topological polar surface area (TPSA) is 55.3 Å². The van der Waals surface area contributed by atoms with Crippen LogP contribution in [0.1, 0.15) is 0 Å². The molecule has 5 heteroatoms. The molecule has 0 aliphatic heterocycles. The van der Waals surface area contributed by atoms with Gasteiger partial charge in [0.05, 0.1) is 0 Å². The Labute approximate surface area is 70.7 Å². The van der Waals surface area contributed by atoms with Crippen molar-refractivity contribution in [2.75, 3.05) is 6.54 Å². The standard InChI is InChI=1S/C5H9N3S2/c1-2-3-8(4(6)9)5(7)10/h2H,1,3H2,(H2,6,9)(H2,7,10). The van der Waals surface area contributed by atoms with E-state index in [0.717, 1.165) is 0 Å². The minimum Gasteiger partial charge on any atom is -0.376 e. The molecule has 0 fully saturated rings. The van der Waals surface area contributed by atoms with E-state index in [1.807, 2.05) is 0 Å². The molecule has 0 radical (unpaired) electrons. The number of nitrogens with two attached hydrogens (primary N) is 2. The molecule has 3 nitrogen and oxygen atoms in total. The van der Waals surface area contributed by atoms with Gasteiger partial charge >= 0.3 is 0 Å². The summed E-state index contributed by atoms with van der Waals surface area (Å²) in [5.41, 5.74) is 10.5. The van der Waals surface area contributed by atoms with E-state index < -0.39 is 0 Å². The van der Waals surface area contributed by atoms with Crippen LogP contribution in [-0.4, -0.2) is 21.7 Å². The molecule has 10 heavy (non-hydrogen) atoms. The average molecular weight is 175 g/mol. The Morgan fingerprint density at radius 2 is 1.80 bits per heavy atom. The van der Waals surface area contributed by atoms with Gasteiger partial charge in [0.25, 0.3) is 0 Å². The monoisotopic (exact) mass is 175 g/mol. The molecular formula is C5H9N3S2. The second kappa shape index (κ2) is 4.19. The smallest absolute Gasteiger partial charge is 0.172 e. The van der Waals surface area contributed by atoms with Crippen molar-refractivity contribution in [3.8, 4) is 0 Å². The lowest BCUT2D eigenvalue weighted by molar-refractivity contribution is 0.692. The van der Waals surface area contributed by atoms with Crippen LogP contribution in [0.4, 0.5) is 0 Å². The molecule has 0 aliphatic rings. The third-order valence-electron chi connectivity index (χ3n) is 0.844. The molecule has 0 aromatic rings. The van der Waals surface area contributed by atoms with E-state index in [-0.39, 0.29) is 10.2 Å². The summed E-state index contributed by atoms with van der Waals surface area (Å²) in [5, 5.41) is 0.347. The SMILES string of the molecule is C=CCN(C(N)=S)C(N)=S. The lowest BCUT2D eigenvalue weighted by atomic mass is 10.5. The van der Waals surface area contributed by atoms with E-state index in [1.165, 1.54) is 4.90 Å². The first-order valence-corrected chi connectivity index (χ1v) is 3.38. The Kier molecular flexibility index (Phi) is 3.90. The van der Waals surface area contributed by atoms with Gasteiger partial charge in [-0.25, -0.2) is 0 Å². The van der Waals surface area contributed by atoms with Gasteiger partial charge in [-0.05, 0) is 24.4 Å². The van der Waals surface area contributed by atoms with E-state index >= 15 is 0 Å². The second-order valence-electron chi connectivity index (χ2n) is 1.58. The van der Waals surface area contributed by atoms with Crippen LogP contribution in [0.5, 0.6) is 0 Å². The van der Waals surface area contributed by atoms with Crippen LogP contribution < -0.4 is 11.5 Å². The molecule has 0 saturated carbocycles. The Morgan fingerprint density at radius 1 is 1.40 bits per heavy atom. The molecule has 0 spiro atoms. The first-order valence-electron chi connectivity index (χ1n) is 2.57. The maximum absolute atomic E-state index is 5.27. The van der Waals surface area contributed by atoms with Gasteiger partial charge in [-0.15, -0.1) is 6.58 Å². The third kappa shape index (κ3) is 2.75. The fourth-order valence-corrected chi connectivity index (χ4v) is 0.821. The third-order valence-corrected chi connectivity index (χ3v) is 1.28. The lowest BCUT2D eigenvalue weighted by Crippen LogP contribution is -2.43. The van der Waals surface area contributed by atoms with Crippen molar-refractivity contribution in [2.24, 2.45) is 11.5 Å². The molecule has 4 N–H and O–H groups in total. The quantitative estimate of drug-likeness (QED) is 0.455. The van der Waals surface area contributed by atoms with Gasteiger partial charge in [0.2, 0.25) is 0 Å². The van der Waals surface area contributed by atoms with E-state index in [1.54, 1.807) is 6.08 Å². The van der Waals surface area contributed by atoms with Crippen molar-refractivity contribution in [1.29, 1.82) is 0 Å². The van der Waals surface area contributed by atoms with E-state index in [9.17, 15) is 0 Å². The van der Waals surface area contributed by atoms with Gasteiger partial charge in [-0.3, -0.25) is 4.90 Å². The molecule has 0 atom stereocenters. The number of thiocarbonyl (C=S) groups is 2. The summed E-state index contributed by atoms with van der Waals surface area (Å²) in [4.78, 5) is 1.41. The fourth-order valence-electron chi connectivity index (χ4n) is 0.418. The van der Waals surface area contributed by atoms with Crippen LogP contribution in [0, 0.1) is 0 Å². The Morgan fingerprint density at radius 3 is 1.90 bits per heavy atom. The molecule has 0 amide bonds. The highest BCUT2D eigenvalue weighted by molar-refractivity contribution is 7.81. The summed E-state index contributed by atoms with van der Waals surface area (Å²) in [5.74, 6) is 0. The number of rotatable bonds is 2. The predicted molar refractivity (Wildman–Crippen MR) is 50.5 cm³/mol. The van der Waals surface area contributed by atoms with Gasteiger partial charge in [-0.2, -0.15) is 0 Å². The maximum Gasteiger partial charge on any atom is 0.172 e. The zero-order chi connectivity index (χ0) is 8.15. The average Bonchev–Trinajstić information content (AvgIpc) is 1.81. The summed E-state index contributed by atoms with van der Waals surface area (Å²) < 4.78 is 0. The normalized spacial score (nSPS) is 8.40. The van der Waals surface area contributed by atoms with Crippen molar-refractivity contribution >= 4 is 34.7 Å². The van der Waals surface area contributed by atoms with Gasteiger partial charge < -0.3 is 11.5 Å². The number of hydrogen-bond donors (Lipinski definition) is 2. The molecule has 56 valence electrons. The summed E-state index contributed by atoms with van der Waals surface area (Å²) in [7, 11) is 0. The van der Waals surface area contributed by atoms with Crippen molar-refractivity contribution < 1.29 is 0 Å². The van der Waals surface area contributed by atoms with Crippen LogP contribution >= 0.6 is 24.4 Å². The van der Waals surface area contributed by atoms with Crippen molar-refractivity contribution in [2.45, 2.75) is 0 Å². The number of nitrogens with zero attached hydrogens (tertiary/aromatic N) is 1. The molecule has 0 heterocycles. The van der Waals surface area contributed by atoms with Crippen molar-refractivity contribution in [3.05, 3.63) is 12.7 Å². The molecule has 0 aromatic carbocycles. The molecule has 0 bridgehead atoms. The highest BCUT2D eigenvalue weighted by atomic mass is 32.1. The van der Waals surface area contributed by atoms with E-state index in [2.05, 4.69) is 31.0 Å². The number of hydrogen-bond acceptors (Lipinski definition) is 2. The summed E-state index contributed by atoms with van der Waals surface area (Å²) in [6, 6.07) is 0. The van der Waals surface area contributed by atoms with Crippen LogP contribution in [0.25, 0.3) is 0 Å². The summed E-state index contributed by atoms with van der Waals surface area (Å²) in [6.45, 7) is 3.96. The Bertz CT molecular complexity index is 152. The zero-order valence-electron chi connectivity index (χ0n) is 5.41. The van der Waals surface area contributed by atoms with Gasteiger partial charge in [0, 0.05) is 6.54 Å². The highest BCUT2D eigenvalue weighted by Gasteiger charge is 2.04. The van der Waals surface area contributed by atoms with Crippen LogP contribution in [0.2, 0.25) is 0 Å². The molecule has 0 saturated heterocycles. The summed E-state index contributed by atoms with van der Waals surface area (Å²) >= 11 is 9.29. The Hall–Kier alpha value is -0.680. The van der Waals surface area contributed by atoms with E-state index in [4.69, 9.17) is 11.5 Å². The van der Waals surface area contributed by atoms with Crippen LogP contribution in [0.3, 0.4) is 0 Å². The summed E-state index contributed by atoms with van der Waals surface area (Å²) in [6.07, 6.45) is 1.62. The largest absolute Gasteiger partial charge is 0.376 e. The molecule has 0 rings (SSSR count). The van der Waals surface area contributed by atoms with Gasteiger partial charge in [0.15, 0.2) is 10.2 Å². The molecule has 0 unspecified atom stereocenters. The fraction of sp³-hybridized carbons (Fsp3) is 0.200. The Balaban J connectivity index is 4.11. The molecule has 0 aromatic heterocycles. The maximum atomic E-state index is 5.27. The molecule has 0 aliphatic carbocycles. The van der Waals surface area contributed by atoms with Gasteiger partial charge in [-0.1, -0.05) is 6.08 Å². The van der Waals surface area contributed by atoms with Crippen molar-refractivity contribution in [3.63, 3.8) is 0 Å². The predicted octanol–water partition coefficient (Wildman–Crippen LogP) is -0.0384.